The molecule has 0 bridgehead atoms. The van der Waals surface area contributed by atoms with Crippen LogP contribution in [-0.4, -0.2) is 31.4 Å². The average molecular weight is 389 g/mol. The molecule has 0 saturated heterocycles. The van der Waals surface area contributed by atoms with Crippen LogP contribution >= 0.6 is 0 Å². The Morgan fingerprint density at radius 1 is 1.11 bits per heavy atom. The summed E-state index contributed by atoms with van der Waals surface area (Å²) < 4.78 is 25.6. The molecule has 1 N–H and O–H groups in total. The summed E-state index contributed by atoms with van der Waals surface area (Å²) in [7, 11) is -3.41. The third-order valence-electron chi connectivity index (χ3n) is 4.36. The van der Waals surface area contributed by atoms with Gasteiger partial charge in [-0.05, 0) is 30.0 Å². The zero-order chi connectivity index (χ0) is 20.0. The number of carbonyl (C=O) groups excluding carboxylic acids is 1. The summed E-state index contributed by atoms with van der Waals surface area (Å²) in [6.07, 6.45) is 1.28. The van der Waals surface area contributed by atoms with Crippen LogP contribution < -0.4 is 5.32 Å². The highest BCUT2D eigenvalue weighted by atomic mass is 32.2. The summed E-state index contributed by atoms with van der Waals surface area (Å²) in [6.45, 7) is 6.50. The van der Waals surface area contributed by atoms with Crippen molar-refractivity contribution >= 4 is 21.6 Å². The third kappa shape index (κ3) is 6.48. The maximum Gasteiger partial charge on any atom is 0.225 e. The summed E-state index contributed by atoms with van der Waals surface area (Å²) in [4.78, 5) is 12.4. The Bertz CT molecular complexity index is 892. The number of rotatable bonds is 8. The van der Waals surface area contributed by atoms with E-state index >= 15 is 0 Å². The fraction of sp³-hybridized carbons (Fsp3) is 0.381. The monoisotopic (exact) mass is 388 g/mol. The second kappa shape index (κ2) is 9.15. The largest absolute Gasteiger partial charge is 0.326 e. The zero-order valence-electron chi connectivity index (χ0n) is 16.4. The highest BCUT2D eigenvalue weighted by Crippen LogP contribution is 2.23. The van der Waals surface area contributed by atoms with Crippen LogP contribution in [0, 0.1) is 6.92 Å². The van der Waals surface area contributed by atoms with Gasteiger partial charge in [-0.1, -0.05) is 61.9 Å². The molecule has 0 aliphatic carbocycles. The third-order valence-corrected chi connectivity index (χ3v) is 5.61. The van der Waals surface area contributed by atoms with E-state index < -0.39 is 10.0 Å². The number of para-hydroxylation sites is 1. The van der Waals surface area contributed by atoms with Crippen LogP contribution in [0.1, 0.15) is 42.9 Å². The van der Waals surface area contributed by atoms with Crippen LogP contribution in [0.4, 0.5) is 5.69 Å². The van der Waals surface area contributed by atoms with Crippen molar-refractivity contribution in [2.24, 2.45) is 0 Å². The summed E-state index contributed by atoms with van der Waals surface area (Å²) in [5.41, 5.74) is 3.82. The van der Waals surface area contributed by atoms with Crippen LogP contribution in [0.15, 0.2) is 48.5 Å². The van der Waals surface area contributed by atoms with Crippen LogP contribution in [0.2, 0.25) is 0 Å². The molecule has 1 amide bonds. The van der Waals surface area contributed by atoms with E-state index in [0.29, 0.717) is 0 Å². The minimum atomic E-state index is -3.41. The molecule has 0 aliphatic rings. The molecule has 27 heavy (non-hydrogen) atoms. The van der Waals surface area contributed by atoms with Crippen molar-refractivity contribution in [1.29, 1.82) is 0 Å². The van der Waals surface area contributed by atoms with Gasteiger partial charge in [-0.2, -0.15) is 4.31 Å². The minimum Gasteiger partial charge on any atom is -0.326 e. The molecule has 0 unspecified atom stereocenters. The fourth-order valence-corrected chi connectivity index (χ4v) is 3.74. The van der Waals surface area contributed by atoms with Gasteiger partial charge in [0.05, 0.1) is 6.26 Å². The Hall–Kier alpha value is -2.18. The normalized spacial score (nSPS) is 11.8. The zero-order valence-corrected chi connectivity index (χ0v) is 17.2. The standard InChI is InChI=1S/C21H28N2O3S/c1-16(2)19-10-5-6-11-20(19)22-21(24)12-13-23(27(4,25)26)15-18-9-7-8-17(3)14-18/h5-11,14,16H,12-13,15H2,1-4H3,(H,22,24). The van der Waals surface area contributed by atoms with Crippen molar-refractivity contribution in [2.45, 2.75) is 39.7 Å². The Kier molecular flexibility index (Phi) is 7.16. The van der Waals surface area contributed by atoms with E-state index in [0.717, 1.165) is 22.4 Å². The first kappa shape index (κ1) is 21.1. The molecule has 146 valence electrons. The number of nitrogens with zero attached hydrogens (tertiary/aromatic N) is 1. The molecule has 0 aromatic heterocycles. The van der Waals surface area contributed by atoms with Crippen molar-refractivity contribution in [3.05, 3.63) is 65.2 Å². The number of benzene rings is 2. The predicted molar refractivity (Wildman–Crippen MR) is 110 cm³/mol. The molecule has 0 aliphatic heterocycles. The van der Waals surface area contributed by atoms with E-state index in [1.54, 1.807) is 0 Å². The molecule has 2 aromatic carbocycles. The maximum atomic E-state index is 12.4. The maximum absolute atomic E-state index is 12.4. The summed E-state index contributed by atoms with van der Waals surface area (Å²) in [5.74, 6) is 0.0938. The van der Waals surface area contributed by atoms with Crippen LogP contribution in [0.25, 0.3) is 0 Å². The average Bonchev–Trinajstić information content (AvgIpc) is 2.58. The first-order valence-corrected chi connectivity index (χ1v) is 10.9. The Morgan fingerprint density at radius 2 is 1.81 bits per heavy atom. The van der Waals surface area contributed by atoms with Crippen molar-refractivity contribution < 1.29 is 13.2 Å². The topological polar surface area (TPSA) is 66.5 Å². The first-order chi connectivity index (χ1) is 12.7. The van der Waals surface area contributed by atoms with Gasteiger partial charge in [0.2, 0.25) is 15.9 Å². The molecule has 5 nitrogen and oxygen atoms in total. The van der Waals surface area contributed by atoms with E-state index in [2.05, 4.69) is 19.2 Å². The number of aryl methyl sites for hydroxylation is 1. The van der Waals surface area contributed by atoms with Gasteiger partial charge in [-0.3, -0.25) is 4.79 Å². The molecule has 0 atom stereocenters. The minimum absolute atomic E-state index is 0.102. The van der Waals surface area contributed by atoms with Crippen molar-refractivity contribution in [3.8, 4) is 0 Å². The lowest BCUT2D eigenvalue weighted by Crippen LogP contribution is -2.32. The quantitative estimate of drug-likeness (QED) is 0.746. The molecule has 0 saturated carbocycles. The highest BCUT2D eigenvalue weighted by molar-refractivity contribution is 7.88. The van der Waals surface area contributed by atoms with Crippen molar-refractivity contribution in [2.75, 3.05) is 18.1 Å². The van der Waals surface area contributed by atoms with Gasteiger partial charge >= 0.3 is 0 Å². The highest BCUT2D eigenvalue weighted by Gasteiger charge is 2.19. The molecule has 2 aromatic rings. The number of anilines is 1. The molecule has 0 fully saturated rings. The second-order valence-electron chi connectivity index (χ2n) is 7.13. The van der Waals surface area contributed by atoms with E-state index in [1.807, 2.05) is 55.5 Å². The molecule has 0 radical (unpaired) electrons. The number of sulfonamides is 1. The van der Waals surface area contributed by atoms with Gasteiger partial charge in [-0.25, -0.2) is 8.42 Å². The number of carbonyl (C=O) groups is 1. The summed E-state index contributed by atoms with van der Waals surface area (Å²) >= 11 is 0. The lowest BCUT2D eigenvalue weighted by atomic mass is 10.0. The van der Waals surface area contributed by atoms with Crippen LogP contribution in [-0.2, 0) is 21.4 Å². The Labute approximate surface area is 162 Å². The van der Waals surface area contributed by atoms with Crippen molar-refractivity contribution in [1.82, 2.24) is 4.31 Å². The molecular weight excluding hydrogens is 360 g/mol. The van der Waals surface area contributed by atoms with Gasteiger partial charge in [0.15, 0.2) is 0 Å². The number of hydrogen-bond acceptors (Lipinski definition) is 3. The SMILES string of the molecule is Cc1cccc(CN(CCC(=O)Nc2ccccc2C(C)C)S(C)(=O)=O)c1. The number of amides is 1. The van der Waals surface area contributed by atoms with E-state index in [9.17, 15) is 13.2 Å². The molecule has 0 heterocycles. The summed E-state index contributed by atoms with van der Waals surface area (Å²) in [5, 5.41) is 2.91. The van der Waals surface area contributed by atoms with Crippen molar-refractivity contribution in [3.63, 3.8) is 0 Å². The molecular formula is C21H28N2O3S. The van der Waals surface area contributed by atoms with Gasteiger partial charge in [0.25, 0.3) is 0 Å². The molecule has 2 rings (SSSR count). The Morgan fingerprint density at radius 3 is 2.44 bits per heavy atom. The van der Waals surface area contributed by atoms with Gasteiger partial charge in [0, 0.05) is 25.2 Å². The lowest BCUT2D eigenvalue weighted by Gasteiger charge is -2.20. The second-order valence-corrected chi connectivity index (χ2v) is 9.11. The smallest absolute Gasteiger partial charge is 0.225 e. The van der Waals surface area contributed by atoms with Gasteiger partial charge < -0.3 is 5.32 Å². The van der Waals surface area contributed by atoms with Gasteiger partial charge in [-0.15, -0.1) is 0 Å². The van der Waals surface area contributed by atoms with E-state index in [-0.39, 0.29) is 31.3 Å². The van der Waals surface area contributed by atoms with Crippen LogP contribution in [0.3, 0.4) is 0 Å². The van der Waals surface area contributed by atoms with Crippen LogP contribution in [0.5, 0.6) is 0 Å². The predicted octanol–water partition coefficient (Wildman–Crippen LogP) is 3.91. The van der Waals surface area contributed by atoms with E-state index in [4.69, 9.17) is 0 Å². The number of hydrogen-bond donors (Lipinski definition) is 1. The molecule has 6 heteroatoms. The molecule has 0 spiro atoms. The number of nitrogens with one attached hydrogen (secondary N) is 1. The summed E-state index contributed by atoms with van der Waals surface area (Å²) in [6, 6.07) is 15.4. The lowest BCUT2D eigenvalue weighted by molar-refractivity contribution is -0.116. The first-order valence-electron chi connectivity index (χ1n) is 9.06. The van der Waals surface area contributed by atoms with E-state index in [1.165, 1.54) is 10.6 Å². The Balaban J connectivity index is 2.04. The fourth-order valence-electron chi connectivity index (χ4n) is 2.93. The van der Waals surface area contributed by atoms with Gasteiger partial charge in [0.1, 0.15) is 0 Å².